The Kier molecular flexibility index (Phi) is 4.08. The highest BCUT2D eigenvalue weighted by atomic mass is 16.6. The molecule has 3 fully saturated rings. The molecule has 0 radical (unpaired) electrons. The topological polar surface area (TPSA) is 55.8 Å². The Hall–Kier alpha value is -0.870. The molecule has 0 bridgehead atoms. The number of fused-ring (bicyclic) bond motifs is 5. The molecule has 4 rings (SSSR count). The lowest BCUT2D eigenvalue weighted by molar-refractivity contribution is -0.156. The van der Waals surface area contributed by atoms with Crippen LogP contribution >= 0.6 is 0 Å². The van der Waals surface area contributed by atoms with E-state index in [0.717, 1.165) is 19.3 Å². The molecule has 140 valence electrons. The molecule has 25 heavy (non-hydrogen) atoms. The van der Waals surface area contributed by atoms with Gasteiger partial charge >= 0.3 is 5.97 Å². The molecule has 0 aromatic carbocycles. The highest BCUT2D eigenvalue weighted by molar-refractivity contribution is 5.66. The Labute approximate surface area is 151 Å². The zero-order chi connectivity index (χ0) is 18.0. The zero-order valence-electron chi connectivity index (χ0n) is 16.0. The number of rotatable bonds is 1. The van der Waals surface area contributed by atoms with Gasteiger partial charge in [0.2, 0.25) is 0 Å². The molecule has 1 saturated heterocycles. The normalized spacial score (nSPS) is 51.8. The number of aliphatic hydroxyl groups is 1. The Morgan fingerprint density at radius 1 is 1.32 bits per heavy atom. The van der Waals surface area contributed by atoms with Crippen molar-refractivity contribution < 1.29 is 19.4 Å². The van der Waals surface area contributed by atoms with Gasteiger partial charge in [-0.25, -0.2) is 0 Å². The lowest BCUT2D eigenvalue weighted by Crippen LogP contribution is -2.57. The van der Waals surface area contributed by atoms with Gasteiger partial charge in [0.25, 0.3) is 0 Å². The summed E-state index contributed by atoms with van der Waals surface area (Å²) in [5, 5.41) is 11.0. The molecule has 2 saturated carbocycles. The Morgan fingerprint density at radius 2 is 2.08 bits per heavy atom. The molecule has 0 aromatic heterocycles. The molecule has 8 atom stereocenters. The summed E-state index contributed by atoms with van der Waals surface area (Å²) < 4.78 is 11.8. The molecule has 1 aliphatic heterocycles. The maximum Gasteiger partial charge on any atom is 0.303 e. The van der Waals surface area contributed by atoms with Crippen molar-refractivity contribution in [3.8, 4) is 0 Å². The van der Waals surface area contributed by atoms with Gasteiger partial charge in [-0.2, -0.15) is 0 Å². The number of esters is 1. The second-order valence-electron chi connectivity index (χ2n) is 9.53. The molecule has 4 nitrogen and oxygen atoms in total. The maximum absolute atomic E-state index is 11.5. The molecular weight excluding hydrogens is 316 g/mol. The van der Waals surface area contributed by atoms with Crippen LogP contribution in [0.15, 0.2) is 11.6 Å². The standard InChI is InChI=1S/C21H32O4/c1-12-5-7-20(3)14(9-12)10-16(23)18-15(20)6-8-21(4)17(25-13(2)22)11-24-19(18)21/h10,12,15-19,23H,5-9,11H2,1-4H3/t12-,15?,16?,17?,18?,19?,20-,21+/m0/s1. The first-order valence-electron chi connectivity index (χ1n) is 9.94. The van der Waals surface area contributed by atoms with Crippen LogP contribution in [0.3, 0.4) is 0 Å². The number of ether oxygens (including phenoxy) is 2. The van der Waals surface area contributed by atoms with Crippen molar-refractivity contribution in [3.05, 3.63) is 11.6 Å². The third-order valence-electron chi connectivity index (χ3n) is 7.97. The van der Waals surface area contributed by atoms with Crippen LogP contribution in [0.25, 0.3) is 0 Å². The number of allylic oxidation sites excluding steroid dienone is 1. The zero-order valence-corrected chi connectivity index (χ0v) is 16.0. The van der Waals surface area contributed by atoms with E-state index in [9.17, 15) is 9.90 Å². The Balaban J connectivity index is 1.67. The smallest absolute Gasteiger partial charge is 0.303 e. The molecule has 4 aliphatic rings. The monoisotopic (exact) mass is 348 g/mol. The minimum Gasteiger partial charge on any atom is -0.459 e. The fourth-order valence-electron chi connectivity index (χ4n) is 6.42. The summed E-state index contributed by atoms with van der Waals surface area (Å²) in [4.78, 5) is 11.5. The minimum atomic E-state index is -0.445. The van der Waals surface area contributed by atoms with E-state index in [1.807, 2.05) is 0 Å². The highest BCUT2D eigenvalue weighted by Gasteiger charge is 2.62. The fourth-order valence-corrected chi connectivity index (χ4v) is 6.42. The Morgan fingerprint density at radius 3 is 2.80 bits per heavy atom. The first-order chi connectivity index (χ1) is 11.8. The van der Waals surface area contributed by atoms with Crippen LogP contribution in [0, 0.1) is 28.6 Å². The number of carbonyl (C=O) groups excluding carboxylic acids is 1. The third kappa shape index (κ3) is 2.51. The number of hydrogen-bond donors (Lipinski definition) is 1. The van der Waals surface area contributed by atoms with E-state index < -0.39 is 6.10 Å². The molecule has 1 N–H and O–H groups in total. The van der Waals surface area contributed by atoms with E-state index in [0.29, 0.717) is 18.4 Å². The van der Waals surface area contributed by atoms with Crippen molar-refractivity contribution in [2.24, 2.45) is 28.6 Å². The molecule has 5 unspecified atom stereocenters. The van der Waals surface area contributed by atoms with E-state index in [1.54, 1.807) is 0 Å². The summed E-state index contributed by atoms with van der Waals surface area (Å²) in [6.45, 7) is 8.85. The van der Waals surface area contributed by atoms with E-state index in [1.165, 1.54) is 25.3 Å². The van der Waals surface area contributed by atoms with Crippen LogP contribution in [0.1, 0.15) is 59.8 Å². The number of hydrogen-bond acceptors (Lipinski definition) is 4. The molecule has 0 aromatic rings. The van der Waals surface area contributed by atoms with E-state index in [2.05, 4.69) is 26.8 Å². The SMILES string of the molecule is CC(=O)OC1COC2C3C(O)C=C4C[C@@H](C)CC[C@]4(C)C3CC[C@]12C. The van der Waals surface area contributed by atoms with Gasteiger partial charge in [-0.05, 0) is 49.4 Å². The number of carbonyl (C=O) groups is 1. The van der Waals surface area contributed by atoms with Crippen molar-refractivity contribution in [2.75, 3.05) is 6.61 Å². The van der Waals surface area contributed by atoms with Gasteiger partial charge in [-0.1, -0.05) is 32.4 Å². The Bertz CT molecular complexity index is 599. The van der Waals surface area contributed by atoms with Gasteiger partial charge in [-0.15, -0.1) is 0 Å². The summed E-state index contributed by atoms with van der Waals surface area (Å²) >= 11 is 0. The molecule has 3 aliphatic carbocycles. The van der Waals surface area contributed by atoms with Crippen molar-refractivity contribution >= 4 is 5.97 Å². The van der Waals surface area contributed by atoms with Crippen LogP contribution in [-0.2, 0) is 14.3 Å². The molecule has 4 heteroatoms. The minimum absolute atomic E-state index is 0.0282. The first kappa shape index (κ1) is 17.5. The van der Waals surface area contributed by atoms with Crippen LogP contribution < -0.4 is 0 Å². The van der Waals surface area contributed by atoms with Gasteiger partial charge in [0, 0.05) is 18.3 Å². The maximum atomic E-state index is 11.5. The largest absolute Gasteiger partial charge is 0.459 e. The summed E-state index contributed by atoms with van der Waals surface area (Å²) in [5.74, 6) is 1.05. The van der Waals surface area contributed by atoms with Gasteiger partial charge in [-0.3, -0.25) is 4.79 Å². The van der Waals surface area contributed by atoms with Gasteiger partial charge < -0.3 is 14.6 Å². The molecule has 1 heterocycles. The molecule has 0 spiro atoms. The van der Waals surface area contributed by atoms with Gasteiger partial charge in [0.15, 0.2) is 0 Å². The van der Waals surface area contributed by atoms with Crippen molar-refractivity contribution in [2.45, 2.75) is 78.1 Å². The van der Waals surface area contributed by atoms with Gasteiger partial charge in [0.05, 0.1) is 18.8 Å². The lowest BCUT2D eigenvalue weighted by atomic mass is 9.48. The van der Waals surface area contributed by atoms with Crippen molar-refractivity contribution in [3.63, 3.8) is 0 Å². The number of aliphatic hydroxyl groups excluding tert-OH is 1. The van der Waals surface area contributed by atoms with Crippen molar-refractivity contribution in [1.29, 1.82) is 0 Å². The summed E-state index contributed by atoms with van der Waals surface area (Å²) in [6.07, 6.45) is 7.17. The second-order valence-corrected chi connectivity index (χ2v) is 9.53. The average Bonchev–Trinajstić information content (AvgIpc) is 2.85. The second kappa shape index (κ2) is 5.82. The van der Waals surface area contributed by atoms with Crippen LogP contribution in [0.4, 0.5) is 0 Å². The molecular formula is C21H32O4. The van der Waals surface area contributed by atoms with Gasteiger partial charge in [0.1, 0.15) is 6.10 Å². The average molecular weight is 348 g/mol. The fraction of sp³-hybridized carbons (Fsp3) is 0.857. The van der Waals surface area contributed by atoms with E-state index >= 15 is 0 Å². The quantitative estimate of drug-likeness (QED) is 0.582. The third-order valence-corrected chi connectivity index (χ3v) is 7.97. The van der Waals surface area contributed by atoms with Crippen LogP contribution in [0.2, 0.25) is 0 Å². The molecule has 0 amide bonds. The predicted octanol–water partition coefficient (Wildman–Crippen LogP) is 3.48. The van der Waals surface area contributed by atoms with E-state index in [-0.39, 0.29) is 34.9 Å². The van der Waals surface area contributed by atoms with Crippen LogP contribution in [0.5, 0.6) is 0 Å². The summed E-state index contributed by atoms with van der Waals surface area (Å²) in [6, 6.07) is 0. The predicted molar refractivity (Wildman–Crippen MR) is 94.8 cm³/mol. The van der Waals surface area contributed by atoms with Crippen LogP contribution in [-0.4, -0.2) is 36.0 Å². The highest BCUT2D eigenvalue weighted by Crippen LogP contribution is 2.62. The first-order valence-corrected chi connectivity index (χ1v) is 9.94. The van der Waals surface area contributed by atoms with Crippen molar-refractivity contribution in [1.82, 2.24) is 0 Å². The van der Waals surface area contributed by atoms with E-state index in [4.69, 9.17) is 9.47 Å². The summed E-state index contributed by atoms with van der Waals surface area (Å²) in [5.41, 5.74) is 1.48. The lowest BCUT2D eigenvalue weighted by Gasteiger charge is -2.58. The summed E-state index contributed by atoms with van der Waals surface area (Å²) in [7, 11) is 0.